The van der Waals surface area contributed by atoms with Gasteiger partial charge in [-0.05, 0) is 48.5 Å². The van der Waals surface area contributed by atoms with Gasteiger partial charge in [0.2, 0.25) is 0 Å². The summed E-state index contributed by atoms with van der Waals surface area (Å²) in [4.78, 5) is 11.1. The summed E-state index contributed by atoms with van der Waals surface area (Å²) in [6.07, 6.45) is -3.14. The molecule has 31 heavy (non-hydrogen) atoms. The average molecular weight is 475 g/mol. The third kappa shape index (κ3) is 5.30. The zero-order valence-electron chi connectivity index (χ0n) is 15.4. The molecule has 0 aliphatic heterocycles. The topological polar surface area (TPSA) is 109 Å². The van der Waals surface area contributed by atoms with Gasteiger partial charge in [-0.25, -0.2) is 13.2 Å². The number of anilines is 2. The minimum atomic E-state index is -4.57. The molecule has 1 heterocycles. The molecule has 3 N–H and O–H groups in total. The van der Waals surface area contributed by atoms with E-state index in [0.717, 1.165) is 24.3 Å². The number of furan rings is 1. The molecule has 0 unspecified atom stereocenters. The van der Waals surface area contributed by atoms with E-state index in [-0.39, 0.29) is 28.5 Å². The lowest BCUT2D eigenvalue weighted by molar-refractivity contribution is -0.137. The molecular weight excluding hydrogens is 461 g/mol. The van der Waals surface area contributed by atoms with Crippen molar-refractivity contribution < 1.29 is 35.9 Å². The van der Waals surface area contributed by atoms with Crippen molar-refractivity contribution in [1.82, 2.24) is 0 Å². The molecule has 0 fully saturated rings. The number of hydrogen-bond donors (Lipinski definition) is 3. The monoisotopic (exact) mass is 474 g/mol. The molecule has 12 heteroatoms. The Kier molecular flexibility index (Phi) is 6.18. The number of alkyl halides is 3. The highest BCUT2D eigenvalue weighted by atomic mass is 35.5. The molecule has 0 amide bonds. The van der Waals surface area contributed by atoms with Crippen LogP contribution in [-0.2, 0) is 22.7 Å². The van der Waals surface area contributed by atoms with Crippen LogP contribution >= 0.6 is 11.6 Å². The quantitative estimate of drug-likeness (QED) is 0.441. The molecule has 0 atom stereocenters. The Bertz CT molecular complexity index is 1190. The highest BCUT2D eigenvalue weighted by Crippen LogP contribution is 2.32. The van der Waals surface area contributed by atoms with Gasteiger partial charge in [-0.3, -0.25) is 4.72 Å². The number of nitrogens with one attached hydrogen (secondary N) is 2. The number of carboxylic acid groups (broad SMARTS) is 1. The van der Waals surface area contributed by atoms with E-state index < -0.39 is 32.6 Å². The van der Waals surface area contributed by atoms with Gasteiger partial charge in [0.25, 0.3) is 10.0 Å². The Hall–Kier alpha value is -3.18. The lowest BCUT2D eigenvalue weighted by atomic mass is 10.1. The van der Waals surface area contributed by atoms with Crippen molar-refractivity contribution >= 4 is 39.0 Å². The standard InChI is InChI=1S/C19H14ClF3N2O5S/c20-15-9-16(24-10-13-2-1-7-30-13)14(18(26)27)8-17(15)31(28,29)25-12-5-3-11(4-6-12)19(21,22)23/h1-9,24-25H,10H2,(H,26,27). The Morgan fingerprint density at radius 2 is 1.81 bits per heavy atom. The maximum atomic E-state index is 12.7. The van der Waals surface area contributed by atoms with Crippen molar-refractivity contribution in [3.05, 3.63) is 76.7 Å². The molecule has 3 aromatic rings. The smallest absolute Gasteiger partial charge is 0.416 e. The summed E-state index contributed by atoms with van der Waals surface area (Å²) in [5.74, 6) is -0.905. The zero-order chi connectivity index (χ0) is 22.8. The van der Waals surface area contributed by atoms with Crippen LogP contribution in [0.2, 0.25) is 5.02 Å². The Balaban J connectivity index is 1.89. The van der Waals surface area contributed by atoms with Crippen LogP contribution in [0.15, 0.2) is 64.1 Å². The number of hydrogen-bond acceptors (Lipinski definition) is 5. The van der Waals surface area contributed by atoms with Crippen LogP contribution in [-0.4, -0.2) is 19.5 Å². The van der Waals surface area contributed by atoms with Gasteiger partial charge < -0.3 is 14.8 Å². The van der Waals surface area contributed by atoms with E-state index >= 15 is 0 Å². The molecule has 0 radical (unpaired) electrons. The lowest BCUT2D eigenvalue weighted by Crippen LogP contribution is -2.16. The number of sulfonamides is 1. The first-order chi connectivity index (χ1) is 14.5. The fourth-order valence-electron chi connectivity index (χ4n) is 2.62. The summed E-state index contributed by atoms with van der Waals surface area (Å²) >= 11 is 6.08. The molecule has 0 bridgehead atoms. The summed E-state index contributed by atoms with van der Waals surface area (Å²) in [5, 5.41) is 12.0. The number of carboxylic acids is 1. The molecule has 0 saturated heterocycles. The van der Waals surface area contributed by atoms with Crippen molar-refractivity contribution in [2.45, 2.75) is 17.6 Å². The second kappa shape index (κ2) is 8.52. The molecule has 0 aliphatic carbocycles. The minimum absolute atomic E-state index is 0.0578. The largest absolute Gasteiger partial charge is 0.478 e. The van der Waals surface area contributed by atoms with Crippen LogP contribution < -0.4 is 10.0 Å². The first kappa shape index (κ1) is 22.5. The highest BCUT2D eigenvalue weighted by Gasteiger charge is 2.30. The Morgan fingerprint density at radius 3 is 2.35 bits per heavy atom. The van der Waals surface area contributed by atoms with E-state index in [0.29, 0.717) is 17.9 Å². The molecular formula is C19H14ClF3N2O5S. The van der Waals surface area contributed by atoms with Gasteiger partial charge in [-0.2, -0.15) is 13.2 Å². The lowest BCUT2D eigenvalue weighted by Gasteiger charge is -2.14. The fraction of sp³-hybridized carbons (Fsp3) is 0.105. The zero-order valence-corrected chi connectivity index (χ0v) is 17.0. The van der Waals surface area contributed by atoms with Gasteiger partial charge in [0.05, 0.1) is 34.6 Å². The molecule has 7 nitrogen and oxygen atoms in total. The Morgan fingerprint density at radius 1 is 1.13 bits per heavy atom. The summed E-state index contributed by atoms with van der Waals surface area (Å²) in [6, 6.07) is 8.59. The minimum Gasteiger partial charge on any atom is -0.478 e. The van der Waals surface area contributed by atoms with Gasteiger partial charge in [0.1, 0.15) is 10.7 Å². The fourth-order valence-corrected chi connectivity index (χ4v) is 4.23. The first-order valence-corrected chi connectivity index (χ1v) is 10.4. The summed E-state index contributed by atoms with van der Waals surface area (Å²) in [5.41, 5.74) is -1.42. The molecule has 164 valence electrons. The van der Waals surface area contributed by atoms with E-state index in [4.69, 9.17) is 16.0 Å². The van der Waals surface area contributed by atoms with E-state index in [2.05, 4.69) is 10.0 Å². The predicted molar refractivity (Wildman–Crippen MR) is 107 cm³/mol. The summed E-state index contributed by atoms with van der Waals surface area (Å²) < 4.78 is 70.6. The SMILES string of the molecule is O=C(O)c1cc(S(=O)(=O)Nc2ccc(C(F)(F)F)cc2)c(Cl)cc1NCc1ccco1. The molecule has 0 aliphatic rings. The molecule has 1 aromatic heterocycles. The molecule has 0 spiro atoms. The van der Waals surface area contributed by atoms with Crippen molar-refractivity contribution in [3.8, 4) is 0 Å². The maximum absolute atomic E-state index is 12.7. The molecule has 0 saturated carbocycles. The summed E-state index contributed by atoms with van der Waals surface area (Å²) in [6.45, 7) is 0.125. The van der Waals surface area contributed by atoms with Gasteiger partial charge in [0, 0.05) is 5.69 Å². The van der Waals surface area contributed by atoms with Crippen molar-refractivity contribution in [3.63, 3.8) is 0 Å². The van der Waals surface area contributed by atoms with Crippen molar-refractivity contribution in [2.75, 3.05) is 10.0 Å². The van der Waals surface area contributed by atoms with Gasteiger partial charge in [-0.1, -0.05) is 11.6 Å². The number of halogens is 4. The Labute approximate surface area is 179 Å². The third-order valence-electron chi connectivity index (χ3n) is 4.09. The van der Waals surface area contributed by atoms with Crippen LogP contribution in [0.1, 0.15) is 21.7 Å². The number of carbonyl (C=O) groups is 1. The maximum Gasteiger partial charge on any atom is 0.416 e. The highest BCUT2D eigenvalue weighted by molar-refractivity contribution is 7.92. The normalized spacial score (nSPS) is 11.9. The number of aromatic carboxylic acids is 1. The third-order valence-corrected chi connectivity index (χ3v) is 5.94. The van der Waals surface area contributed by atoms with E-state index in [1.807, 2.05) is 0 Å². The second-order valence-corrected chi connectivity index (χ2v) is 8.30. The van der Waals surface area contributed by atoms with Crippen molar-refractivity contribution in [2.24, 2.45) is 0 Å². The average Bonchev–Trinajstić information content (AvgIpc) is 3.19. The predicted octanol–water partition coefficient (Wildman–Crippen LogP) is 5.06. The van der Waals surface area contributed by atoms with Crippen LogP contribution in [0.3, 0.4) is 0 Å². The van der Waals surface area contributed by atoms with Gasteiger partial charge >= 0.3 is 12.1 Å². The van der Waals surface area contributed by atoms with E-state index in [1.165, 1.54) is 6.26 Å². The van der Waals surface area contributed by atoms with E-state index in [1.54, 1.807) is 12.1 Å². The van der Waals surface area contributed by atoms with Crippen LogP contribution in [0.4, 0.5) is 24.5 Å². The molecule has 2 aromatic carbocycles. The van der Waals surface area contributed by atoms with Crippen molar-refractivity contribution in [1.29, 1.82) is 0 Å². The summed E-state index contributed by atoms with van der Waals surface area (Å²) in [7, 11) is -4.40. The second-order valence-electron chi connectivity index (χ2n) is 6.25. The van der Waals surface area contributed by atoms with E-state index in [9.17, 15) is 31.5 Å². The molecule has 3 rings (SSSR count). The van der Waals surface area contributed by atoms with Gasteiger partial charge in [-0.15, -0.1) is 0 Å². The van der Waals surface area contributed by atoms with Crippen LogP contribution in [0.5, 0.6) is 0 Å². The first-order valence-electron chi connectivity index (χ1n) is 8.50. The van der Waals surface area contributed by atoms with Crippen LogP contribution in [0, 0.1) is 0 Å². The van der Waals surface area contributed by atoms with Gasteiger partial charge in [0.15, 0.2) is 0 Å². The number of rotatable bonds is 7. The number of benzene rings is 2. The van der Waals surface area contributed by atoms with Crippen LogP contribution in [0.25, 0.3) is 0 Å².